The molecule has 2 amide bonds. The number of aromatic nitrogens is 1. The van der Waals surface area contributed by atoms with Crippen LogP contribution in [-0.4, -0.2) is 16.8 Å². The van der Waals surface area contributed by atoms with Crippen molar-refractivity contribution in [2.24, 2.45) is 0 Å². The minimum atomic E-state index is -0.251. The number of hydrogen-bond donors (Lipinski definition) is 2. The van der Waals surface area contributed by atoms with Gasteiger partial charge in [0.1, 0.15) is 5.82 Å². The lowest BCUT2D eigenvalue weighted by atomic mass is 10.2. The molecule has 0 bridgehead atoms. The normalized spacial score (nSPS) is 10.1. The first kappa shape index (κ1) is 16.4. The van der Waals surface area contributed by atoms with Crippen LogP contribution in [0.15, 0.2) is 72.8 Å². The van der Waals surface area contributed by atoms with Gasteiger partial charge >= 0.3 is 0 Å². The number of benzene rings is 2. The molecule has 0 saturated heterocycles. The van der Waals surface area contributed by atoms with Gasteiger partial charge in [-0.25, -0.2) is 4.98 Å². The van der Waals surface area contributed by atoms with Crippen LogP contribution in [0.4, 0.5) is 11.5 Å². The van der Waals surface area contributed by atoms with E-state index < -0.39 is 0 Å². The van der Waals surface area contributed by atoms with Crippen molar-refractivity contribution in [3.63, 3.8) is 0 Å². The molecule has 5 heteroatoms. The van der Waals surface area contributed by atoms with Gasteiger partial charge in [0.25, 0.3) is 11.8 Å². The Labute approximate surface area is 145 Å². The summed E-state index contributed by atoms with van der Waals surface area (Å²) in [5, 5.41) is 5.57. The van der Waals surface area contributed by atoms with Gasteiger partial charge in [-0.1, -0.05) is 36.4 Å². The molecule has 0 aliphatic heterocycles. The first-order chi connectivity index (χ1) is 12.1. The number of nitrogens with zero attached hydrogens (tertiary/aromatic N) is 1. The molecule has 0 saturated carbocycles. The predicted molar refractivity (Wildman–Crippen MR) is 97.8 cm³/mol. The second-order valence-electron chi connectivity index (χ2n) is 5.52. The Balaban J connectivity index is 1.76. The quantitative estimate of drug-likeness (QED) is 0.762. The molecule has 2 aromatic carbocycles. The van der Waals surface area contributed by atoms with Crippen molar-refractivity contribution in [3.05, 3.63) is 89.6 Å². The molecular formula is C20H17N3O2. The van der Waals surface area contributed by atoms with Crippen LogP contribution < -0.4 is 10.6 Å². The van der Waals surface area contributed by atoms with Crippen molar-refractivity contribution in [1.82, 2.24) is 4.98 Å². The van der Waals surface area contributed by atoms with Crippen molar-refractivity contribution in [3.8, 4) is 0 Å². The zero-order chi connectivity index (χ0) is 17.6. The largest absolute Gasteiger partial charge is 0.322 e. The zero-order valence-corrected chi connectivity index (χ0v) is 13.7. The number of rotatable bonds is 4. The van der Waals surface area contributed by atoms with Gasteiger partial charge in [0.05, 0.1) is 0 Å². The molecule has 0 atom stereocenters. The monoisotopic (exact) mass is 331 g/mol. The van der Waals surface area contributed by atoms with Gasteiger partial charge in [0, 0.05) is 28.6 Å². The van der Waals surface area contributed by atoms with Crippen LogP contribution in [0.2, 0.25) is 0 Å². The third-order valence-corrected chi connectivity index (χ3v) is 3.52. The van der Waals surface area contributed by atoms with Crippen LogP contribution in [0.25, 0.3) is 0 Å². The van der Waals surface area contributed by atoms with E-state index in [2.05, 4.69) is 15.6 Å². The van der Waals surface area contributed by atoms with Crippen LogP contribution in [0.5, 0.6) is 0 Å². The highest BCUT2D eigenvalue weighted by Crippen LogP contribution is 2.17. The van der Waals surface area contributed by atoms with Crippen LogP contribution in [-0.2, 0) is 0 Å². The van der Waals surface area contributed by atoms with E-state index >= 15 is 0 Å². The number of aryl methyl sites for hydroxylation is 1. The summed E-state index contributed by atoms with van der Waals surface area (Å²) in [5.74, 6) is -0.0808. The van der Waals surface area contributed by atoms with Gasteiger partial charge in [-0.15, -0.1) is 0 Å². The van der Waals surface area contributed by atoms with Crippen molar-refractivity contribution in [2.75, 3.05) is 10.6 Å². The summed E-state index contributed by atoms with van der Waals surface area (Å²) in [7, 11) is 0. The fourth-order valence-electron chi connectivity index (χ4n) is 2.38. The molecule has 3 rings (SSSR count). The fraction of sp³-hybridized carbons (Fsp3) is 0.0500. The number of carbonyl (C=O) groups excluding carboxylic acids is 2. The van der Waals surface area contributed by atoms with Gasteiger partial charge in [-0.05, 0) is 37.3 Å². The molecule has 124 valence electrons. The van der Waals surface area contributed by atoms with E-state index in [1.54, 1.807) is 67.6 Å². The molecule has 25 heavy (non-hydrogen) atoms. The van der Waals surface area contributed by atoms with E-state index in [-0.39, 0.29) is 11.8 Å². The average Bonchev–Trinajstić information content (AvgIpc) is 2.62. The van der Waals surface area contributed by atoms with E-state index in [0.29, 0.717) is 28.3 Å². The van der Waals surface area contributed by atoms with Gasteiger partial charge < -0.3 is 10.6 Å². The molecule has 0 fully saturated rings. The van der Waals surface area contributed by atoms with Gasteiger partial charge in [-0.2, -0.15) is 0 Å². The Morgan fingerprint density at radius 1 is 0.760 bits per heavy atom. The summed E-state index contributed by atoms with van der Waals surface area (Å²) in [4.78, 5) is 28.8. The van der Waals surface area contributed by atoms with Crippen LogP contribution >= 0.6 is 0 Å². The van der Waals surface area contributed by atoms with Gasteiger partial charge in [-0.3, -0.25) is 9.59 Å². The SMILES string of the molecule is Cc1cc(NC(=O)c2ccccc2)cc(NC(=O)c2ccccc2)n1. The Hall–Kier alpha value is -3.47. The minimum absolute atomic E-state index is 0.216. The average molecular weight is 331 g/mol. The van der Waals surface area contributed by atoms with Crippen molar-refractivity contribution in [2.45, 2.75) is 6.92 Å². The van der Waals surface area contributed by atoms with E-state index in [9.17, 15) is 9.59 Å². The lowest BCUT2D eigenvalue weighted by Crippen LogP contribution is -2.15. The smallest absolute Gasteiger partial charge is 0.256 e. The van der Waals surface area contributed by atoms with E-state index in [1.165, 1.54) is 0 Å². The second-order valence-corrected chi connectivity index (χ2v) is 5.52. The Bertz CT molecular complexity index is 822. The molecule has 0 aliphatic carbocycles. The highest BCUT2D eigenvalue weighted by Gasteiger charge is 2.10. The first-order valence-corrected chi connectivity index (χ1v) is 7.83. The van der Waals surface area contributed by atoms with E-state index in [0.717, 1.165) is 0 Å². The minimum Gasteiger partial charge on any atom is -0.322 e. The predicted octanol–water partition coefficient (Wildman–Crippen LogP) is 3.89. The molecule has 3 aromatic rings. The molecule has 0 aliphatic rings. The summed E-state index contributed by atoms with van der Waals surface area (Å²) in [6.07, 6.45) is 0. The summed E-state index contributed by atoms with van der Waals surface area (Å²) in [5.41, 5.74) is 2.37. The molecule has 0 unspecified atom stereocenters. The molecule has 0 spiro atoms. The van der Waals surface area contributed by atoms with Crippen molar-refractivity contribution < 1.29 is 9.59 Å². The van der Waals surface area contributed by atoms with Gasteiger partial charge in [0.15, 0.2) is 0 Å². The highest BCUT2D eigenvalue weighted by atomic mass is 16.2. The second kappa shape index (κ2) is 7.40. The highest BCUT2D eigenvalue weighted by molar-refractivity contribution is 6.06. The molecule has 2 N–H and O–H groups in total. The van der Waals surface area contributed by atoms with Crippen LogP contribution in [0.3, 0.4) is 0 Å². The Kier molecular flexibility index (Phi) is 4.85. The number of pyridine rings is 1. The molecule has 1 heterocycles. The zero-order valence-electron chi connectivity index (χ0n) is 13.7. The summed E-state index contributed by atoms with van der Waals surface area (Å²) in [6.45, 7) is 1.80. The summed E-state index contributed by atoms with van der Waals surface area (Å²) < 4.78 is 0. The molecule has 0 radical (unpaired) electrons. The van der Waals surface area contributed by atoms with Crippen molar-refractivity contribution >= 4 is 23.3 Å². The van der Waals surface area contributed by atoms with Crippen LogP contribution in [0.1, 0.15) is 26.4 Å². The third kappa shape index (κ3) is 4.29. The maximum Gasteiger partial charge on any atom is 0.256 e. The lowest BCUT2D eigenvalue weighted by molar-refractivity contribution is 0.101. The number of anilines is 2. The maximum atomic E-state index is 12.3. The van der Waals surface area contributed by atoms with Crippen LogP contribution in [0, 0.1) is 6.92 Å². The summed E-state index contributed by atoms with van der Waals surface area (Å²) in [6, 6.07) is 21.2. The third-order valence-electron chi connectivity index (χ3n) is 3.52. The Morgan fingerprint density at radius 3 is 1.84 bits per heavy atom. The fourth-order valence-corrected chi connectivity index (χ4v) is 2.38. The van der Waals surface area contributed by atoms with E-state index in [1.807, 2.05) is 12.1 Å². The standard InChI is InChI=1S/C20H17N3O2/c1-14-12-17(22-19(24)15-8-4-2-5-9-15)13-18(21-14)23-20(25)16-10-6-3-7-11-16/h2-13H,1H3,(H2,21,22,23,24,25). The number of carbonyl (C=O) groups is 2. The lowest BCUT2D eigenvalue weighted by Gasteiger charge is -2.10. The topological polar surface area (TPSA) is 71.1 Å². The van der Waals surface area contributed by atoms with E-state index in [4.69, 9.17) is 0 Å². The summed E-state index contributed by atoms with van der Waals surface area (Å²) >= 11 is 0. The van der Waals surface area contributed by atoms with Gasteiger partial charge in [0.2, 0.25) is 0 Å². The maximum absolute atomic E-state index is 12.3. The number of nitrogens with one attached hydrogen (secondary N) is 2. The number of hydrogen-bond acceptors (Lipinski definition) is 3. The number of amides is 2. The van der Waals surface area contributed by atoms with Crippen molar-refractivity contribution in [1.29, 1.82) is 0 Å². The Morgan fingerprint density at radius 2 is 1.28 bits per heavy atom. The molecule has 5 nitrogen and oxygen atoms in total. The first-order valence-electron chi connectivity index (χ1n) is 7.83. The molecular weight excluding hydrogens is 314 g/mol. The molecule has 1 aromatic heterocycles.